The smallest absolute Gasteiger partial charge is 0.240 e. The standard InChI is InChI=1S/C18H30N4O2/c1-13-7-3-5-9-15(13)19-21-17(23)11-12-18(24)22-20-16-10-6-4-8-14(16)2/h13-14H,3-12H2,1-2H3,(H,21,23)(H,22,24)/b19-15+,20-16+/t13-,14+. The zero-order valence-corrected chi connectivity index (χ0v) is 14.9. The van der Waals surface area contributed by atoms with Crippen molar-refractivity contribution in [2.45, 2.75) is 78.1 Å². The highest BCUT2D eigenvalue weighted by Gasteiger charge is 2.17. The van der Waals surface area contributed by atoms with Gasteiger partial charge in [0.2, 0.25) is 11.8 Å². The van der Waals surface area contributed by atoms with E-state index in [-0.39, 0.29) is 24.7 Å². The lowest BCUT2D eigenvalue weighted by molar-refractivity contribution is -0.126. The molecule has 0 heterocycles. The van der Waals surface area contributed by atoms with Crippen LogP contribution in [0.4, 0.5) is 0 Å². The Kier molecular flexibility index (Phi) is 7.40. The minimum absolute atomic E-state index is 0.136. The van der Waals surface area contributed by atoms with E-state index in [1.54, 1.807) is 0 Å². The first-order valence-corrected chi connectivity index (χ1v) is 9.27. The molecule has 134 valence electrons. The quantitative estimate of drug-likeness (QED) is 0.757. The van der Waals surface area contributed by atoms with Crippen molar-refractivity contribution in [1.82, 2.24) is 10.9 Å². The third-order valence-electron chi connectivity index (χ3n) is 5.01. The van der Waals surface area contributed by atoms with Gasteiger partial charge in [-0.25, -0.2) is 10.9 Å². The molecule has 2 amide bonds. The molecule has 2 aliphatic carbocycles. The molecule has 6 nitrogen and oxygen atoms in total. The Balaban J connectivity index is 1.68. The summed E-state index contributed by atoms with van der Waals surface area (Å²) in [5, 5.41) is 8.46. The minimum Gasteiger partial charge on any atom is -0.273 e. The SMILES string of the molecule is C[C@@H]1CCCC/C1=N\NC(=O)CCC(=O)N/N=C1\CCCC[C@@H]1C. The normalized spacial score (nSPS) is 27.9. The molecule has 0 unspecified atom stereocenters. The van der Waals surface area contributed by atoms with Gasteiger partial charge >= 0.3 is 0 Å². The first-order valence-electron chi connectivity index (χ1n) is 9.27. The van der Waals surface area contributed by atoms with E-state index < -0.39 is 0 Å². The van der Waals surface area contributed by atoms with Crippen LogP contribution in [0.3, 0.4) is 0 Å². The molecular weight excluding hydrogens is 304 g/mol. The molecule has 2 rings (SSSR count). The highest BCUT2D eigenvalue weighted by Crippen LogP contribution is 2.21. The van der Waals surface area contributed by atoms with Gasteiger partial charge in [-0.2, -0.15) is 10.2 Å². The summed E-state index contributed by atoms with van der Waals surface area (Å²) in [7, 11) is 0. The lowest BCUT2D eigenvalue weighted by Crippen LogP contribution is -2.27. The van der Waals surface area contributed by atoms with Crippen molar-refractivity contribution >= 4 is 23.2 Å². The van der Waals surface area contributed by atoms with Crippen molar-refractivity contribution in [2.24, 2.45) is 22.0 Å². The fourth-order valence-electron chi connectivity index (χ4n) is 3.28. The van der Waals surface area contributed by atoms with Crippen LogP contribution < -0.4 is 10.9 Å². The summed E-state index contributed by atoms with van der Waals surface area (Å²) >= 11 is 0. The minimum atomic E-state index is -0.214. The second-order valence-electron chi connectivity index (χ2n) is 7.07. The van der Waals surface area contributed by atoms with Gasteiger partial charge in [0.1, 0.15) is 0 Å². The Labute approximate surface area is 144 Å². The van der Waals surface area contributed by atoms with Crippen LogP contribution in [0, 0.1) is 11.8 Å². The van der Waals surface area contributed by atoms with Gasteiger partial charge in [0.25, 0.3) is 0 Å². The molecule has 0 bridgehead atoms. The number of carbonyl (C=O) groups is 2. The predicted molar refractivity (Wildman–Crippen MR) is 95.7 cm³/mol. The van der Waals surface area contributed by atoms with Gasteiger partial charge in [-0.05, 0) is 50.4 Å². The molecule has 0 radical (unpaired) electrons. The first kappa shape index (κ1) is 18.6. The van der Waals surface area contributed by atoms with Crippen molar-refractivity contribution in [3.63, 3.8) is 0 Å². The Morgan fingerprint density at radius 3 is 1.62 bits per heavy atom. The second-order valence-corrected chi connectivity index (χ2v) is 7.07. The number of carbonyl (C=O) groups excluding carboxylic acids is 2. The van der Waals surface area contributed by atoms with Gasteiger partial charge in [-0.1, -0.05) is 26.7 Å². The van der Waals surface area contributed by atoms with Gasteiger partial charge in [0.15, 0.2) is 0 Å². The van der Waals surface area contributed by atoms with Gasteiger partial charge in [-0.15, -0.1) is 0 Å². The van der Waals surface area contributed by atoms with Gasteiger partial charge < -0.3 is 0 Å². The molecule has 0 spiro atoms. The Hall–Kier alpha value is -1.72. The Bertz CT molecular complexity index is 467. The zero-order valence-electron chi connectivity index (χ0n) is 14.9. The topological polar surface area (TPSA) is 82.9 Å². The van der Waals surface area contributed by atoms with Crippen LogP contribution in [0.5, 0.6) is 0 Å². The highest BCUT2D eigenvalue weighted by molar-refractivity contribution is 5.90. The Morgan fingerprint density at radius 1 is 0.833 bits per heavy atom. The summed E-state index contributed by atoms with van der Waals surface area (Å²) in [6.45, 7) is 4.28. The average molecular weight is 334 g/mol. The van der Waals surface area contributed by atoms with E-state index in [1.165, 1.54) is 12.8 Å². The number of rotatable bonds is 5. The molecule has 6 heteroatoms. The largest absolute Gasteiger partial charge is 0.273 e. The molecular formula is C18H30N4O2. The van der Waals surface area contributed by atoms with E-state index in [9.17, 15) is 9.59 Å². The average Bonchev–Trinajstić information content (AvgIpc) is 2.58. The van der Waals surface area contributed by atoms with Crippen molar-refractivity contribution in [1.29, 1.82) is 0 Å². The number of hydrogen-bond donors (Lipinski definition) is 2. The monoisotopic (exact) mass is 334 g/mol. The van der Waals surface area contributed by atoms with E-state index in [1.807, 2.05) is 0 Å². The van der Waals surface area contributed by atoms with Crippen LogP contribution in [-0.4, -0.2) is 23.2 Å². The molecule has 2 aliphatic rings. The van der Waals surface area contributed by atoms with Gasteiger partial charge in [0.05, 0.1) is 0 Å². The fraction of sp³-hybridized carbons (Fsp3) is 0.778. The van der Waals surface area contributed by atoms with Crippen molar-refractivity contribution < 1.29 is 9.59 Å². The van der Waals surface area contributed by atoms with E-state index >= 15 is 0 Å². The molecule has 2 fully saturated rings. The summed E-state index contributed by atoms with van der Waals surface area (Å²) in [4.78, 5) is 23.6. The van der Waals surface area contributed by atoms with Crippen LogP contribution in [0.15, 0.2) is 10.2 Å². The number of hydrazone groups is 2. The number of nitrogens with zero attached hydrogens (tertiary/aromatic N) is 2. The molecule has 2 N–H and O–H groups in total. The van der Waals surface area contributed by atoms with Crippen molar-refractivity contribution in [3.8, 4) is 0 Å². The first-order chi connectivity index (χ1) is 11.6. The lowest BCUT2D eigenvalue weighted by Gasteiger charge is -2.20. The van der Waals surface area contributed by atoms with Gasteiger partial charge in [-0.3, -0.25) is 9.59 Å². The highest BCUT2D eigenvalue weighted by atomic mass is 16.2. The number of hydrogen-bond acceptors (Lipinski definition) is 4. The third-order valence-corrected chi connectivity index (χ3v) is 5.01. The van der Waals surface area contributed by atoms with Crippen LogP contribution in [0.1, 0.15) is 78.1 Å². The summed E-state index contributed by atoms with van der Waals surface area (Å²) < 4.78 is 0. The van der Waals surface area contributed by atoms with Crippen LogP contribution >= 0.6 is 0 Å². The summed E-state index contributed by atoms with van der Waals surface area (Å²) in [6.07, 6.45) is 9.20. The summed E-state index contributed by atoms with van der Waals surface area (Å²) in [5.74, 6) is 0.453. The summed E-state index contributed by atoms with van der Waals surface area (Å²) in [6, 6.07) is 0. The molecule has 0 aromatic rings. The van der Waals surface area contributed by atoms with Crippen LogP contribution in [0.2, 0.25) is 0 Å². The molecule has 0 aromatic heterocycles. The third kappa shape index (κ3) is 6.06. The van der Waals surface area contributed by atoms with Crippen LogP contribution in [0.25, 0.3) is 0 Å². The molecule has 0 aromatic carbocycles. The van der Waals surface area contributed by atoms with E-state index in [0.717, 1.165) is 49.9 Å². The molecule has 2 saturated carbocycles. The molecule has 2 atom stereocenters. The predicted octanol–water partition coefficient (Wildman–Crippen LogP) is 3.13. The number of nitrogens with one attached hydrogen (secondary N) is 2. The zero-order chi connectivity index (χ0) is 17.4. The lowest BCUT2D eigenvalue weighted by atomic mass is 9.89. The molecule has 0 aliphatic heterocycles. The maximum Gasteiger partial charge on any atom is 0.240 e. The van der Waals surface area contributed by atoms with Crippen molar-refractivity contribution in [3.05, 3.63) is 0 Å². The number of amides is 2. The maximum absolute atomic E-state index is 11.8. The molecule has 0 saturated heterocycles. The van der Waals surface area contributed by atoms with E-state index in [2.05, 4.69) is 34.9 Å². The molecule has 24 heavy (non-hydrogen) atoms. The van der Waals surface area contributed by atoms with Gasteiger partial charge in [0, 0.05) is 24.3 Å². The van der Waals surface area contributed by atoms with Crippen molar-refractivity contribution in [2.75, 3.05) is 0 Å². The van der Waals surface area contributed by atoms with E-state index in [4.69, 9.17) is 0 Å². The summed E-state index contributed by atoms with van der Waals surface area (Å²) in [5.41, 5.74) is 7.30. The van der Waals surface area contributed by atoms with Crippen LogP contribution in [-0.2, 0) is 9.59 Å². The van der Waals surface area contributed by atoms with E-state index in [0.29, 0.717) is 11.8 Å². The maximum atomic E-state index is 11.8. The second kappa shape index (κ2) is 9.55. The fourth-order valence-corrected chi connectivity index (χ4v) is 3.28. The Morgan fingerprint density at radius 2 is 1.25 bits per heavy atom.